The molecule has 0 aromatic carbocycles. The topological polar surface area (TPSA) is 79.7 Å². The Labute approximate surface area is 124 Å². The second-order valence-corrected chi connectivity index (χ2v) is 4.70. The number of aromatic nitrogens is 1. The van der Waals surface area contributed by atoms with Crippen molar-refractivity contribution in [1.29, 1.82) is 0 Å². The lowest BCUT2D eigenvalue weighted by atomic mass is 10.1. The molecular weight excluding hydrogens is 272 g/mol. The molecule has 1 amide bonds. The van der Waals surface area contributed by atoms with E-state index in [2.05, 4.69) is 4.98 Å². The Balaban J connectivity index is 2.95. The molecule has 0 radical (unpaired) electrons. The number of carbonyl (C=O) groups excluding carboxylic acids is 1. The van der Waals surface area contributed by atoms with Crippen molar-refractivity contribution in [3.63, 3.8) is 0 Å². The monoisotopic (exact) mass is 294 g/mol. The summed E-state index contributed by atoms with van der Waals surface area (Å²) in [5.41, 5.74) is 0.320. The number of rotatable bonds is 8. The van der Waals surface area contributed by atoms with Crippen molar-refractivity contribution in [3.8, 4) is 0 Å². The number of aromatic carboxylic acids is 1. The van der Waals surface area contributed by atoms with Gasteiger partial charge in [-0.15, -0.1) is 0 Å². The minimum atomic E-state index is -1.06. The molecule has 0 aliphatic carbocycles. The lowest BCUT2D eigenvalue weighted by Gasteiger charge is -2.30. The van der Waals surface area contributed by atoms with Gasteiger partial charge >= 0.3 is 5.97 Å². The largest absolute Gasteiger partial charge is 0.478 e. The number of hydrogen-bond donors (Lipinski definition) is 1. The zero-order chi connectivity index (χ0) is 15.8. The molecule has 1 N–H and O–H groups in total. The summed E-state index contributed by atoms with van der Waals surface area (Å²) in [7, 11) is 1.59. The zero-order valence-electron chi connectivity index (χ0n) is 12.7. The van der Waals surface area contributed by atoms with E-state index in [9.17, 15) is 9.59 Å². The van der Waals surface area contributed by atoms with Crippen LogP contribution in [0.25, 0.3) is 0 Å². The molecular formula is C15H22N2O4. The van der Waals surface area contributed by atoms with Crippen molar-refractivity contribution < 1.29 is 19.4 Å². The number of methoxy groups -OCH3 is 1. The van der Waals surface area contributed by atoms with Crippen LogP contribution in [0.5, 0.6) is 0 Å². The highest BCUT2D eigenvalue weighted by atomic mass is 16.5. The van der Waals surface area contributed by atoms with Gasteiger partial charge < -0.3 is 14.7 Å². The van der Waals surface area contributed by atoms with Crippen molar-refractivity contribution in [2.75, 3.05) is 20.3 Å². The third-order valence-electron chi connectivity index (χ3n) is 3.41. The van der Waals surface area contributed by atoms with Crippen molar-refractivity contribution in [1.82, 2.24) is 9.88 Å². The highest BCUT2D eigenvalue weighted by Gasteiger charge is 2.23. The van der Waals surface area contributed by atoms with Gasteiger partial charge in [0.2, 0.25) is 0 Å². The average molecular weight is 294 g/mol. The van der Waals surface area contributed by atoms with Gasteiger partial charge in [0.15, 0.2) is 0 Å². The van der Waals surface area contributed by atoms with Crippen LogP contribution in [0.1, 0.15) is 47.5 Å². The molecule has 1 heterocycles. The Morgan fingerprint density at radius 1 is 1.33 bits per heavy atom. The Hall–Kier alpha value is -1.95. The van der Waals surface area contributed by atoms with E-state index in [1.807, 2.05) is 13.8 Å². The van der Waals surface area contributed by atoms with Crippen molar-refractivity contribution in [2.24, 2.45) is 0 Å². The molecule has 0 bridgehead atoms. The zero-order valence-corrected chi connectivity index (χ0v) is 12.7. The molecule has 1 aromatic heterocycles. The number of hydrogen-bond acceptors (Lipinski definition) is 4. The maximum Gasteiger partial charge on any atom is 0.337 e. The first kappa shape index (κ1) is 17.1. The fourth-order valence-corrected chi connectivity index (χ4v) is 2.16. The van der Waals surface area contributed by atoms with E-state index in [4.69, 9.17) is 9.84 Å². The highest BCUT2D eigenvalue weighted by molar-refractivity contribution is 5.94. The number of carboxylic acid groups (broad SMARTS) is 1. The molecule has 6 heteroatoms. The third-order valence-corrected chi connectivity index (χ3v) is 3.41. The van der Waals surface area contributed by atoms with Crippen LogP contribution < -0.4 is 0 Å². The van der Waals surface area contributed by atoms with Crippen LogP contribution in [-0.4, -0.2) is 53.2 Å². The van der Waals surface area contributed by atoms with Crippen LogP contribution in [0, 0.1) is 0 Å². The smallest absolute Gasteiger partial charge is 0.337 e. The molecule has 116 valence electrons. The summed E-state index contributed by atoms with van der Waals surface area (Å²) in [6, 6.07) is 2.96. The van der Waals surface area contributed by atoms with Gasteiger partial charge in [-0.2, -0.15) is 0 Å². The summed E-state index contributed by atoms with van der Waals surface area (Å²) >= 11 is 0. The quantitative estimate of drug-likeness (QED) is 0.793. The van der Waals surface area contributed by atoms with E-state index in [0.717, 1.165) is 12.8 Å². The van der Waals surface area contributed by atoms with Gasteiger partial charge in [0.1, 0.15) is 5.69 Å². The molecule has 6 nitrogen and oxygen atoms in total. The molecule has 0 aliphatic rings. The van der Waals surface area contributed by atoms with Crippen molar-refractivity contribution in [3.05, 3.63) is 29.6 Å². The second kappa shape index (κ2) is 8.36. The molecule has 0 aliphatic heterocycles. The standard InChI is InChI=1S/C15H22N2O4/c1-4-12(5-2)17(8-9-21-3)14(18)13-7-6-11(10-16-13)15(19)20/h6-7,10,12H,4-5,8-9H2,1-3H3,(H,19,20). The number of pyridine rings is 1. The second-order valence-electron chi connectivity index (χ2n) is 4.70. The summed E-state index contributed by atoms with van der Waals surface area (Å²) in [4.78, 5) is 29.1. The fourth-order valence-electron chi connectivity index (χ4n) is 2.16. The van der Waals surface area contributed by atoms with E-state index in [1.165, 1.54) is 18.3 Å². The van der Waals surface area contributed by atoms with Gasteiger partial charge in [0.25, 0.3) is 5.91 Å². The van der Waals surface area contributed by atoms with Gasteiger partial charge in [0.05, 0.1) is 12.2 Å². The predicted molar refractivity (Wildman–Crippen MR) is 78.5 cm³/mol. The Kier molecular flexibility index (Phi) is 6.81. The molecule has 0 fully saturated rings. The van der Waals surface area contributed by atoms with Gasteiger partial charge in [-0.25, -0.2) is 4.79 Å². The molecule has 0 spiro atoms. The number of ether oxygens (including phenoxy) is 1. The fraction of sp³-hybridized carbons (Fsp3) is 0.533. The van der Waals surface area contributed by atoms with Crippen LogP contribution in [0.4, 0.5) is 0 Å². The van der Waals surface area contributed by atoms with E-state index in [1.54, 1.807) is 12.0 Å². The lowest BCUT2D eigenvalue weighted by molar-refractivity contribution is 0.0582. The third kappa shape index (κ3) is 4.53. The number of carboxylic acids is 1. The van der Waals surface area contributed by atoms with E-state index in [0.29, 0.717) is 13.2 Å². The molecule has 0 saturated carbocycles. The van der Waals surface area contributed by atoms with E-state index >= 15 is 0 Å². The van der Waals surface area contributed by atoms with Gasteiger partial charge in [-0.1, -0.05) is 13.8 Å². The maximum absolute atomic E-state index is 12.6. The van der Waals surface area contributed by atoms with Crippen LogP contribution in [0.15, 0.2) is 18.3 Å². The number of amides is 1. The van der Waals surface area contributed by atoms with Crippen molar-refractivity contribution >= 4 is 11.9 Å². The van der Waals surface area contributed by atoms with E-state index in [-0.39, 0.29) is 23.2 Å². The Morgan fingerprint density at radius 2 is 2.00 bits per heavy atom. The summed E-state index contributed by atoms with van der Waals surface area (Å²) in [5.74, 6) is -1.25. The first-order valence-electron chi connectivity index (χ1n) is 7.04. The van der Waals surface area contributed by atoms with E-state index < -0.39 is 5.97 Å². The molecule has 0 unspecified atom stereocenters. The Morgan fingerprint density at radius 3 is 2.43 bits per heavy atom. The summed E-state index contributed by atoms with van der Waals surface area (Å²) < 4.78 is 5.06. The minimum Gasteiger partial charge on any atom is -0.478 e. The maximum atomic E-state index is 12.6. The minimum absolute atomic E-state index is 0.0672. The SMILES string of the molecule is CCC(CC)N(CCOC)C(=O)c1ccc(C(=O)O)cn1. The number of carbonyl (C=O) groups is 2. The van der Waals surface area contributed by atoms with Gasteiger partial charge in [-0.05, 0) is 25.0 Å². The molecule has 0 saturated heterocycles. The number of nitrogens with zero attached hydrogens (tertiary/aromatic N) is 2. The average Bonchev–Trinajstić information content (AvgIpc) is 2.51. The summed E-state index contributed by atoms with van der Waals surface area (Å²) in [6.45, 7) is 5.00. The molecule has 21 heavy (non-hydrogen) atoms. The summed E-state index contributed by atoms with van der Waals surface area (Å²) in [6.07, 6.45) is 2.90. The first-order chi connectivity index (χ1) is 10.0. The molecule has 1 aromatic rings. The first-order valence-corrected chi connectivity index (χ1v) is 7.04. The summed E-state index contributed by atoms with van der Waals surface area (Å²) in [5, 5.41) is 8.85. The highest BCUT2D eigenvalue weighted by Crippen LogP contribution is 2.13. The normalized spacial score (nSPS) is 10.7. The van der Waals surface area contributed by atoms with Gasteiger partial charge in [-0.3, -0.25) is 9.78 Å². The molecule has 1 rings (SSSR count). The predicted octanol–water partition coefficient (Wildman–Crippen LogP) is 2.06. The van der Waals surface area contributed by atoms with Crippen LogP contribution in [0.3, 0.4) is 0 Å². The lowest BCUT2D eigenvalue weighted by Crippen LogP contribution is -2.42. The van der Waals surface area contributed by atoms with Crippen LogP contribution >= 0.6 is 0 Å². The molecule has 0 atom stereocenters. The van der Waals surface area contributed by atoms with Crippen LogP contribution in [0.2, 0.25) is 0 Å². The van der Waals surface area contributed by atoms with Gasteiger partial charge in [0, 0.05) is 25.9 Å². The Bertz CT molecular complexity index is 469. The van der Waals surface area contributed by atoms with Crippen LogP contribution in [-0.2, 0) is 4.74 Å². The van der Waals surface area contributed by atoms with Crippen molar-refractivity contribution in [2.45, 2.75) is 32.7 Å².